The van der Waals surface area contributed by atoms with Crippen LogP contribution in [-0.4, -0.2) is 24.0 Å². The minimum absolute atomic E-state index is 0. The Morgan fingerprint density at radius 1 is 1.32 bits per heavy atom. The molecule has 2 aromatic rings. The van der Waals surface area contributed by atoms with Gasteiger partial charge in [0.2, 0.25) is 0 Å². The summed E-state index contributed by atoms with van der Waals surface area (Å²) in [5.74, 6) is 0.823. The number of hydrogen-bond acceptors (Lipinski definition) is 3. The van der Waals surface area contributed by atoms with Crippen LogP contribution in [0.1, 0.15) is 17.4 Å². The van der Waals surface area contributed by atoms with Crippen LogP contribution in [0, 0.1) is 0 Å². The minimum atomic E-state index is 0. The van der Waals surface area contributed by atoms with E-state index in [2.05, 4.69) is 45.0 Å². The Morgan fingerprint density at radius 3 is 2.82 bits per heavy atom. The predicted octanol–water partition coefficient (Wildman–Crippen LogP) is 3.71. The Bertz CT molecular complexity index is 557. The van der Waals surface area contributed by atoms with Gasteiger partial charge in [-0.1, -0.05) is 23.7 Å². The van der Waals surface area contributed by atoms with Gasteiger partial charge in [-0.25, -0.2) is 9.98 Å². The second kappa shape index (κ2) is 10.8. The van der Waals surface area contributed by atoms with Gasteiger partial charge in [-0.3, -0.25) is 0 Å². The van der Waals surface area contributed by atoms with E-state index in [1.165, 1.54) is 4.88 Å². The molecule has 22 heavy (non-hydrogen) atoms. The molecule has 0 saturated carbocycles. The molecule has 0 spiro atoms. The van der Waals surface area contributed by atoms with Gasteiger partial charge in [0.1, 0.15) is 5.15 Å². The zero-order valence-electron chi connectivity index (χ0n) is 12.4. The molecule has 0 aliphatic rings. The third kappa shape index (κ3) is 6.93. The smallest absolute Gasteiger partial charge is 0.191 e. The number of halogens is 2. The first-order chi connectivity index (χ1) is 10.3. The molecule has 2 heterocycles. The standard InChI is InChI=1S/C15H19ClN4S.HI/c1-2-17-15(18-8-7-13-4-3-9-21-13)20-11-12-5-6-14(16)19-10-12;/h3-6,9-10H,2,7-8,11H2,1H3,(H2,17,18,20);1H. The van der Waals surface area contributed by atoms with Crippen molar-refractivity contribution in [3.05, 3.63) is 51.4 Å². The molecule has 0 unspecified atom stereocenters. The monoisotopic (exact) mass is 450 g/mol. The number of hydrogen-bond donors (Lipinski definition) is 2. The molecule has 0 fully saturated rings. The van der Waals surface area contributed by atoms with Crippen molar-refractivity contribution in [3.63, 3.8) is 0 Å². The van der Waals surface area contributed by atoms with E-state index in [-0.39, 0.29) is 24.0 Å². The number of aromatic nitrogens is 1. The largest absolute Gasteiger partial charge is 0.357 e. The molecule has 0 amide bonds. The van der Waals surface area contributed by atoms with Gasteiger partial charge in [0.25, 0.3) is 0 Å². The second-order valence-corrected chi connectivity index (χ2v) is 5.86. The van der Waals surface area contributed by atoms with Gasteiger partial charge in [-0.2, -0.15) is 0 Å². The maximum Gasteiger partial charge on any atom is 0.191 e. The van der Waals surface area contributed by atoms with Crippen LogP contribution in [0.5, 0.6) is 0 Å². The highest BCUT2D eigenvalue weighted by Crippen LogP contribution is 2.08. The van der Waals surface area contributed by atoms with Crippen molar-refractivity contribution in [2.24, 2.45) is 4.99 Å². The van der Waals surface area contributed by atoms with Crippen molar-refractivity contribution < 1.29 is 0 Å². The van der Waals surface area contributed by atoms with Crippen molar-refractivity contribution in [2.75, 3.05) is 13.1 Å². The van der Waals surface area contributed by atoms with Crippen molar-refractivity contribution in [3.8, 4) is 0 Å². The summed E-state index contributed by atoms with van der Waals surface area (Å²) >= 11 is 7.55. The number of nitrogens with zero attached hydrogens (tertiary/aromatic N) is 2. The molecule has 120 valence electrons. The van der Waals surface area contributed by atoms with Crippen LogP contribution in [0.2, 0.25) is 5.15 Å². The average molecular weight is 451 g/mol. The lowest BCUT2D eigenvalue weighted by Gasteiger charge is -2.10. The molecular weight excluding hydrogens is 431 g/mol. The zero-order valence-corrected chi connectivity index (χ0v) is 16.3. The average Bonchev–Trinajstić information content (AvgIpc) is 3.00. The Kier molecular flexibility index (Phi) is 9.42. The lowest BCUT2D eigenvalue weighted by Crippen LogP contribution is -2.38. The summed E-state index contributed by atoms with van der Waals surface area (Å²) in [7, 11) is 0. The van der Waals surface area contributed by atoms with E-state index in [4.69, 9.17) is 11.6 Å². The summed E-state index contributed by atoms with van der Waals surface area (Å²) in [5.41, 5.74) is 1.04. The van der Waals surface area contributed by atoms with E-state index < -0.39 is 0 Å². The van der Waals surface area contributed by atoms with Crippen LogP contribution in [0.4, 0.5) is 0 Å². The van der Waals surface area contributed by atoms with E-state index in [9.17, 15) is 0 Å². The van der Waals surface area contributed by atoms with Gasteiger partial charge >= 0.3 is 0 Å². The van der Waals surface area contributed by atoms with Crippen LogP contribution < -0.4 is 10.6 Å². The summed E-state index contributed by atoms with van der Waals surface area (Å²) in [6.45, 7) is 4.34. The number of thiophene rings is 1. The Labute approximate surface area is 157 Å². The van der Waals surface area contributed by atoms with Crippen LogP contribution in [0.3, 0.4) is 0 Å². The first-order valence-electron chi connectivity index (χ1n) is 6.93. The molecule has 0 radical (unpaired) electrons. The number of pyridine rings is 1. The van der Waals surface area contributed by atoms with E-state index >= 15 is 0 Å². The topological polar surface area (TPSA) is 49.3 Å². The summed E-state index contributed by atoms with van der Waals surface area (Å²) in [5, 5.41) is 9.18. The van der Waals surface area contributed by atoms with Crippen LogP contribution in [0.15, 0.2) is 40.8 Å². The highest BCUT2D eigenvalue weighted by molar-refractivity contribution is 14.0. The molecule has 2 N–H and O–H groups in total. The molecule has 0 bridgehead atoms. The summed E-state index contributed by atoms with van der Waals surface area (Å²) in [4.78, 5) is 9.98. The molecule has 0 aliphatic heterocycles. The molecule has 2 aromatic heterocycles. The second-order valence-electron chi connectivity index (χ2n) is 4.44. The SMILES string of the molecule is CCNC(=NCc1ccc(Cl)nc1)NCCc1cccs1.I. The van der Waals surface area contributed by atoms with E-state index in [1.807, 2.05) is 6.07 Å². The van der Waals surface area contributed by atoms with Gasteiger partial charge in [0.05, 0.1) is 6.54 Å². The maximum atomic E-state index is 5.77. The van der Waals surface area contributed by atoms with Crippen LogP contribution >= 0.6 is 46.9 Å². The van der Waals surface area contributed by atoms with Crippen LogP contribution in [0.25, 0.3) is 0 Å². The Morgan fingerprint density at radius 2 is 2.18 bits per heavy atom. The molecule has 7 heteroatoms. The fraction of sp³-hybridized carbons (Fsp3) is 0.333. The molecular formula is C15H20ClIN4S. The lowest BCUT2D eigenvalue weighted by molar-refractivity contribution is 0.804. The molecule has 4 nitrogen and oxygen atoms in total. The molecule has 0 saturated heterocycles. The fourth-order valence-corrected chi connectivity index (χ4v) is 2.59. The summed E-state index contributed by atoms with van der Waals surface area (Å²) in [6, 6.07) is 7.94. The van der Waals surface area contributed by atoms with Crippen molar-refractivity contribution in [1.82, 2.24) is 15.6 Å². The number of guanidine groups is 1. The molecule has 2 rings (SSSR count). The van der Waals surface area contributed by atoms with Crippen molar-refractivity contribution >= 4 is 52.9 Å². The highest BCUT2D eigenvalue weighted by Gasteiger charge is 1.99. The Balaban J connectivity index is 0.00000242. The highest BCUT2D eigenvalue weighted by atomic mass is 127. The predicted molar refractivity (Wildman–Crippen MR) is 106 cm³/mol. The van der Waals surface area contributed by atoms with Gasteiger partial charge < -0.3 is 10.6 Å². The third-order valence-electron chi connectivity index (χ3n) is 2.80. The van der Waals surface area contributed by atoms with E-state index in [0.29, 0.717) is 11.7 Å². The van der Waals surface area contributed by atoms with Crippen molar-refractivity contribution in [2.45, 2.75) is 19.9 Å². The van der Waals surface area contributed by atoms with Gasteiger partial charge in [-0.15, -0.1) is 35.3 Å². The first kappa shape index (κ1) is 19.2. The summed E-state index contributed by atoms with van der Waals surface area (Å²) < 4.78 is 0. The molecule has 0 aromatic carbocycles. The van der Waals surface area contributed by atoms with Gasteiger partial charge in [0, 0.05) is 24.2 Å². The first-order valence-corrected chi connectivity index (χ1v) is 8.18. The molecule has 0 aliphatic carbocycles. The van der Waals surface area contributed by atoms with Crippen LogP contribution in [-0.2, 0) is 13.0 Å². The number of aliphatic imine (C=N–C) groups is 1. The third-order valence-corrected chi connectivity index (χ3v) is 3.96. The number of rotatable bonds is 6. The van der Waals surface area contributed by atoms with E-state index in [1.54, 1.807) is 23.6 Å². The van der Waals surface area contributed by atoms with Crippen molar-refractivity contribution in [1.29, 1.82) is 0 Å². The lowest BCUT2D eigenvalue weighted by atomic mass is 10.3. The normalized spacial score (nSPS) is 10.9. The van der Waals surface area contributed by atoms with Gasteiger partial charge in [-0.05, 0) is 36.4 Å². The fourth-order valence-electron chi connectivity index (χ4n) is 1.77. The zero-order chi connectivity index (χ0) is 14.9. The Hall–Kier alpha value is -0.860. The number of nitrogens with one attached hydrogen (secondary N) is 2. The van der Waals surface area contributed by atoms with E-state index in [0.717, 1.165) is 31.0 Å². The quantitative estimate of drug-likeness (QED) is 0.305. The van der Waals surface area contributed by atoms with Gasteiger partial charge in [0.15, 0.2) is 5.96 Å². The maximum absolute atomic E-state index is 5.77. The minimum Gasteiger partial charge on any atom is -0.357 e. The summed E-state index contributed by atoms with van der Waals surface area (Å²) in [6.07, 6.45) is 2.76. The molecule has 0 atom stereocenters.